The van der Waals surface area contributed by atoms with Gasteiger partial charge in [0.1, 0.15) is 0 Å². The van der Waals surface area contributed by atoms with Gasteiger partial charge in [-0.1, -0.05) is 67.9 Å². The van der Waals surface area contributed by atoms with Gasteiger partial charge >= 0.3 is 6.03 Å². The smallest absolute Gasteiger partial charge is 0.329 e. The van der Waals surface area contributed by atoms with Crippen LogP contribution >= 0.6 is 11.6 Å². The minimum atomic E-state index is -0.417. The number of nitrogens with one attached hydrogen (secondary N) is 1. The number of rotatable bonds is 3. The molecule has 43 heavy (non-hydrogen) atoms. The van der Waals surface area contributed by atoms with Crippen molar-refractivity contribution in [3.05, 3.63) is 89.2 Å². The van der Waals surface area contributed by atoms with Gasteiger partial charge in [0.2, 0.25) is 11.8 Å². The maximum absolute atomic E-state index is 13.8. The van der Waals surface area contributed by atoms with Crippen LogP contribution in [0.1, 0.15) is 56.6 Å². The van der Waals surface area contributed by atoms with Crippen LogP contribution < -0.4 is 15.1 Å². The van der Waals surface area contributed by atoms with E-state index in [2.05, 4.69) is 42.3 Å². The van der Waals surface area contributed by atoms with Gasteiger partial charge in [-0.05, 0) is 65.6 Å². The molecule has 8 heteroatoms. The molecular weight excluding hydrogens is 560 g/mol. The first kappa shape index (κ1) is 27.6. The maximum Gasteiger partial charge on any atom is 0.329 e. The van der Waals surface area contributed by atoms with E-state index in [9.17, 15) is 14.4 Å². The number of anilines is 2. The number of imide groups is 1. The highest BCUT2D eigenvalue weighted by atomic mass is 35.5. The van der Waals surface area contributed by atoms with Crippen LogP contribution in [0.5, 0.6) is 0 Å². The van der Waals surface area contributed by atoms with Gasteiger partial charge in [0.15, 0.2) is 0 Å². The number of hydrogen-bond acceptors (Lipinski definition) is 4. The summed E-state index contributed by atoms with van der Waals surface area (Å²) in [5.41, 5.74) is 5.43. The number of nitrogens with zero attached hydrogens (tertiary/aromatic N) is 3. The summed E-state index contributed by atoms with van der Waals surface area (Å²) in [5, 5.41) is 5.54. The molecule has 3 atom stereocenters. The third-order valence-electron chi connectivity index (χ3n) is 9.61. The normalized spacial score (nSPS) is 23.2. The van der Waals surface area contributed by atoms with Crippen molar-refractivity contribution in [2.75, 3.05) is 16.8 Å². The number of pyridine rings is 1. The number of carbonyl (C=O) groups is 3. The summed E-state index contributed by atoms with van der Waals surface area (Å²) in [5.74, 6) is -0.321. The Morgan fingerprint density at radius 2 is 1.77 bits per heavy atom. The fourth-order valence-electron chi connectivity index (χ4n) is 7.35. The molecule has 0 spiro atoms. The van der Waals surface area contributed by atoms with E-state index in [0.29, 0.717) is 30.0 Å². The Hall–Kier alpha value is -4.23. The minimum Gasteiger partial charge on any atom is -0.334 e. The highest BCUT2D eigenvalue weighted by Crippen LogP contribution is 2.47. The first-order valence-corrected chi connectivity index (χ1v) is 15.2. The quantitative estimate of drug-likeness (QED) is 0.272. The lowest BCUT2D eigenvalue weighted by atomic mass is 9.72. The Bertz CT molecular complexity index is 1810. The van der Waals surface area contributed by atoms with E-state index in [0.717, 1.165) is 45.1 Å². The summed E-state index contributed by atoms with van der Waals surface area (Å²) in [6, 6.07) is 19.2. The zero-order valence-corrected chi connectivity index (χ0v) is 25.2. The van der Waals surface area contributed by atoms with Crippen LogP contribution in [0.4, 0.5) is 16.2 Å². The second kappa shape index (κ2) is 10.2. The van der Waals surface area contributed by atoms with Crippen LogP contribution in [0.2, 0.25) is 5.02 Å². The predicted octanol–water partition coefficient (Wildman–Crippen LogP) is 7.21. The topological polar surface area (TPSA) is 82.6 Å². The van der Waals surface area contributed by atoms with Crippen LogP contribution in [0.25, 0.3) is 21.9 Å². The molecule has 2 fully saturated rings. The standard InChI is InChI=1S/C35H33ClN4O3/c1-35(2)17-31(41)39(3)29-14-12-20(15-26(29)35)24-9-6-10-27(36)32(24)21-11-13-25-28(16-21)38-34(43)40(33(25)42)30-19-37-18-22-7-4-5-8-23(22)30/h4-10,12,14-15,18-19,21,25,28H,11,13,16-17H2,1-3H3,(H,38,43). The largest absolute Gasteiger partial charge is 0.334 e. The highest BCUT2D eigenvalue weighted by Gasteiger charge is 2.46. The third kappa shape index (κ3) is 4.49. The van der Waals surface area contributed by atoms with E-state index in [1.165, 1.54) is 4.90 Å². The molecule has 2 aliphatic heterocycles. The molecule has 0 radical (unpaired) electrons. The average Bonchev–Trinajstić information content (AvgIpc) is 2.99. The van der Waals surface area contributed by atoms with Crippen molar-refractivity contribution in [3.63, 3.8) is 0 Å². The second-order valence-corrected chi connectivity index (χ2v) is 13.1. The van der Waals surface area contributed by atoms with Gasteiger partial charge in [0, 0.05) is 52.6 Å². The fourth-order valence-corrected chi connectivity index (χ4v) is 7.68. The van der Waals surface area contributed by atoms with Gasteiger partial charge in [0.25, 0.3) is 0 Å². The van der Waals surface area contributed by atoms with Crippen molar-refractivity contribution in [2.45, 2.75) is 56.9 Å². The Labute approximate surface area is 255 Å². The van der Waals surface area contributed by atoms with E-state index >= 15 is 0 Å². The van der Waals surface area contributed by atoms with Crippen LogP contribution in [-0.2, 0) is 15.0 Å². The number of hydrogen-bond donors (Lipinski definition) is 1. The molecule has 1 N–H and O–H groups in total. The summed E-state index contributed by atoms with van der Waals surface area (Å²) < 4.78 is 0. The fraction of sp³-hybridized carbons (Fsp3) is 0.314. The molecule has 3 unspecified atom stereocenters. The number of amides is 4. The third-order valence-corrected chi connectivity index (χ3v) is 9.94. The van der Waals surface area contributed by atoms with E-state index < -0.39 is 6.03 Å². The second-order valence-electron chi connectivity index (χ2n) is 12.7. The van der Waals surface area contributed by atoms with E-state index in [4.69, 9.17) is 11.6 Å². The monoisotopic (exact) mass is 592 g/mol. The number of urea groups is 1. The molecule has 1 saturated heterocycles. The molecule has 1 saturated carbocycles. The van der Waals surface area contributed by atoms with Gasteiger partial charge < -0.3 is 10.2 Å². The van der Waals surface area contributed by atoms with Crippen LogP contribution in [0.15, 0.2) is 73.1 Å². The zero-order valence-electron chi connectivity index (χ0n) is 24.4. The van der Waals surface area contributed by atoms with Crippen molar-refractivity contribution in [1.29, 1.82) is 0 Å². The van der Waals surface area contributed by atoms with Crippen molar-refractivity contribution in [2.24, 2.45) is 5.92 Å². The molecule has 4 amide bonds. The predicted molar refractivity (Wildman–Crippen MR) is 170 cm³/mol. The van der Waals surface area contributed by atoms with Crippen LogP contribution in [0.3, 0.4) is 0 Å². The van der Waals surface area contributed by atoms with Crippen LogP contribution in [-0.4, -0.2) is 35.9 Å². The van der Waals surface area contributed by atoms with Gasteiger partial charge in [-0.15, -0.1) is 0 Å². The van der Waals surface area contributed by atoms with Crippen LogP contribution in [0, 0.1) is 5.92 Å². The SMILES string of the molecule is CN1C(=O)CC(C)(C)c2cc(-c3cccc(Cl)c3C3CCC4C(=O)N(c5cncc6ccccc56)C(=O)NC4C3)ccc21. The Morgan fingerprint density at radius 3 is 2.60 bits per heavy atom. The van der Waals surface area contributed by atoms with Gasteiger partial charge in [-0.2, -0.15) is 0 Å². The Kier molecular flexibility index (Phi) is 6.54. The number of halogens is 1. The van der Waals surface area contributed by atoms with Gasteiger partial charge in [-0.3, -0.25) is 14.6 Å². The molecule has 1 aromatic heterocycles. The Morgan fingerprint density at radius 1 is 0.953 bits per heavy atom. The first-order valence-electron chi connectivity index (χ1n) is 14.8. The number of aromatic nitrogens is 1. The summed E-state index contributed by atoms with van der Waals surface area (Å²) in [7, 11) is 1.83. The van der Waals surface area contributed by atoms with E-state index in [1.807, 2.05) is 49.5 Å². The van der Waals surface area contributed by atoms with Crippen molar-refractivity contribution >= 4 is 51.6 Å². The average molecular weight is 593 g/mol. The number of fused-ring (bicyclic) bond motifs is 3. The molecule has 7 nitrogen and oxygen atoms in total. The molecule has 3 aromatic carbocycles. The molecule has 4 aromatic rings. The zero-order chi connectivity index (χ0) is 30.0. The van der Waals surface area contributed by atoms with E-state index in [1.54, 1.807) is 17.3 Å². The summed E-state index contributed by atoms with van der Waals surface area (Å²) in [4.78, 5) is 47.2. The van der Waals surface area contributed by atoms with Crippen molar-refractivity contribution in [3.8, 4) is 11.1 Å². The minimum absolute atomic E-state index is 0.0668. The lowest BCUT2D eigenvalue weighted by molar-refractivity contribution is -0.124. The molecule has 7 rings (SSSR count). The van der Waals surface area contributed by atoms with E-state index in [-0.39, 0.29) is 35.1 Å². The molecule has 1 aliphatic carbocycles. The number of benzene rings is 3. The molecule has 3 aliphatic rings. The summed E-state index contributed by atoms with van der Waals surface area (Å²) >= 11 is 6.92. The summed E-state index contributed by atoms with van der Waals surface area (Å²) in [6.45, 7) is 4.22. The van der Waals surface area contributed by atoms with Gasteiger partial charge in [0.05, 0.1) is 17.8 Å². The highest BCUT2D eigenvalue weighted by molar-refractivity contribution is 6.32. The van der Waals surface area contributed by atoms with Crippen molar-refractivity contribution in [1.82, 2.24) is 10.3 Å². The van der Waals surface area contributed by atoms with Gasteiger partial charge in [-0.25, -0.2) is 9.69 Å². The molecule has 218 valence electrons. The molecule has 3 heterocycles. The van der Waals surface area contributed by atoms with Crippen molar-refractivity contribution < 1.29 is 14.4 Å². The first-order chi connectivity index (χ1) is 20.6. The number of carbonyl (C=O) groups excluding carboxylic acids is 3. The Balaban J connectivity index is 1.20. The lowest BCUT2D eigenvalue weighted by Crippen LogP contribution is -2.61. The molecule has 0 bridgehead atoms. The molecular formula is C35H33ClN4O3. The lowest BCUT2D eigenvalue weighted by Gasteiger charge is -2.43. The summed E-state index contributed by atoms with van der Waals surface area (Å²) in [6.07, 6.45) is 5.81. The maximum atomic E-state index is 13.8.